The fourth-order valence-electron chi connectivity index (χ4n) is 5.05. The fraction of sp³-hybridized carbons (Fsp3) is 0.500. The molecule has 0 amide bonds. The summed E-state index contributed by atoms with van der Waals surface area (Å²) < 4.78 is 46.5. The number of anilines is 2. The Morgan fingerprint density at radius 3 is 2.82 bits per heavy atom. The van der Waals surface area contributed by atoms with Crippen LogP contribution in [0.1, 0.15) is 18.9 Å². The molecule has 9 atom stereocenters. The predicted molar refractivity (Wildman–Crippen MR) is 157 cm³/mol. The average Bonchev–Trinajstić information content (AvgIpc) is 3.73. The Morgan fingerprint density at radius 1 is 1.27 bits per heavy atom. The van der Waals surface area contributed by atoms with Crippen molar-refractivity contribution in [3.05, 3.63) is 28.9 Å². The van der Waals surface area contributed by atoms with Crippen LogP contribution in [0.5, 0.6) is 0 Å². The van der Waals surface area contributed by atoms with Gasteiger partial charge in [-0.15, -0.1) is 5.10 Å². The number of aromatic nitrogens is 8. The van der Waals surface area contributed by atoms with Gasteiger partial charge in [-0.05, 0) is 29.7 Å². The molecule has 4 aromatic rings. The molecule has 0 aromatic carbocycles. The number of nitrogens with one attached hydrogen (secondary N) is 1. The molecule has 0 aliphatic carbocycles. The van der Waals surface area contributed by atoms with Crippen molar-refractivity contribution >= 4 is 71.4 Å². The third kappa shape index (κ3) is 6.00. The first-order valence-corrected chi connectivity index (χ1v) is 17.8. The first kappa shape index (κ1) is 31.4. The van der Waals surface area contributed by atoms with Gasteiger partial charge in [-0.3, -0.25) is 9.78 Å². The van der Waals surface area contributed by atoms with E-state index in [0.29, 0.717) is 11.0 Å². The predicted octanol–water partition coefficient (Wildman–Crippen LogP) is -0.859. The van der Waals surface area contributed by atoms with Gasteiger partial charge >= 0.3 is 6.72 Å². The second kappa shape index (κ2) is 12.3. The number of rotatable bonds is 10. The Hall–Kier alpha value is -2.59. The van der Waals surface area contributed by atoms with Crippen molar-refractivity contribution in [1.29, 1.82) is 0 Å². The molecule has 2 aliphatic heterocycles. The van der Waals surface area contributed by atoms with E-state index in [0.717, 1.165) is 4.68 Å². The minimum absolute atomic E-state index is 0.0295. The summed E-state index contributed by atoms with van der Waals surface area (Å²) in [6, 6.07) is 1.59. The van der Waals surface area contributed by atoms with Gasteiger partial charge in [0.1, 0.15) is 36.1 Å². The van der Waals surface area contributed by atoms with Crippen LogP contribution in [-0.4, -0.2) is 98.2 Å². The van der Waals surface area contributed by atoms with Gasteiger partial charge in [0.15, 0.2) is 36.9 Å². The molecule has 19 nitrogen and oxygen atoms in total. The molecule has 24 heteroatoms. The van der Waals surface area contributed by atoms with E-state index in [4.69, 9.17) is 58.1 Å². The van der Waals surface area contributed by atoms with Gasteiger partial charge in [0, 0.05) is 12.6 Å². The number of ether oxygens (including phenoxy) is 2. The summed E-state index contributed by atoms with van der Waals surface area (Å²) >= 11 is 10.0. The van der Waals surface area contributed by atoms with Crippen LogP contribution in [0.25, 0.3) is 22.2 Å². The zero-order valence-corrected chi connectivity index (χ0v) is 25.6. The Labute approximate surface area is 256 Å². The maximum atomic E-state index is 15.7. The van der Waals surface area contributed by atoms with Gasteiger partial charge in [0.05, 0.1) is 24.7 Å². The normalized spacial score (nSPS) is 29.4. The Bertz CT molecular complexity index is 1830. The van der Waals surface area contributed by atoms with E-state index in [1.807, 2.05) is 0 Å². The first-order chi connectivity index (χ1) is 21.0. The largest absolute Gasteiger partial charge is 0.394 e. The molecule has 8 N–H and O–H groups in total. The Kier molecular flexibility index (Phi) is 8.78. The van der Waals surface area contributed by atoms with Gasteiger partial charge in [-0.1, -0.05) is 5.21 Å². The summed E-state index contributed by atoms with van der Waals surface area (Å²) in [7, 11) is -2.81. The van der Waals surface area contributed by atoms with Crippen LogP contribution >= 0.6 is 13.9 Å². The van der Waals surface area contributed by atoms with Crippen LogP contribution < -0.4 is 17.0 Å². The molecule has 238 valence electrons. The molecule has 4 aromatic heterocycles. The zero-order valence-electron chi connectivity index (χ0n) is 22.1. The number of nitrogens with zero attached hydrogens (tertiary/aromatic N) is 7. The number of alkyl halides is 1. The minimum Gasteiger partial charge on any atom is -0.394 e. The lowest BCUT2D eigenvalue weighted by molar-refractivity contribution is -0.0586. The second-order valence-corrected chi connectivity index (χ2v) is 14.3. The maximum Gasteiger partial charge on any atom is 0.325 e. The molecule has 0 spiro atoms. The molecular weight excluding hydrogens is 669 g/mol. The van der Waals surface area contributed by atoms with E-state index < -0.39 is 75.7 Å². The van der Waals surface area contributed by atoms with Crippen molar-refractivity contribution in [2.45, 2.75) is 49.5 Å². The fourth-order valence-corrected chi connectivity index (χ4v) is 7.34. The van der Waals surface area contributed by atoms with Crippen molar-refractivity contribution in [3.8, 4) is 0 Å². The summed E-state index contributed by atoms with van der Waals surface area (Å²) in [5.74, 6) is -0.0224. The topological polar surface area (TPSA) is 266 Å². The number of H-pyrrole nitrogens is 1. The van der Waals surface area contributed by atoms with E-state index in [1.54, 1.807) is 6.07 Å². The number of nitrogen functional groups attached to an aromatic ring is 2. The van der Waals surface area contributed by atoms with Crippen molar-refractivity contribution < 1.29 is 42.3 Å². The molecule has 6 rings (SSSR count). The quantitative estimate of drug-likeness (QED) is 0.110. The van der Waals surface area contributed by atoms with Crippen LogP contribution in [0.4, 0.5) is 16.2 Å². The van der Waals surface area contributed by atoms with Gasteiger partial charge < -0.3 is 54.0 Å². The number of aliphatic hydroxyl groups is 1. The van der Waals surface area contributed by atoms with Crippen molar-refractivity contribution in [2.75, 3.05) is 24.7 Å². The first-order valence-electron chi connectivity index (χ1n) is 12.7. The molecule has 2 fully saturated rings. The molecule has 2 aliphatic rings. The van der Waals surface area contributed by atoms with Gasteiger partial charge in [-0.2, -0.15) is 9.67 Å². The van der Waals surface area contributed by atoms with E-state index in [1.165, 1.54) is 17.1 Å². The van der Waals surface area contributed by atoms with Crippen LogP contribution in [0.2, 0.25) is 0 Å². The summed E-state index contributed by atoms with van der Waals surface area (Å²) in [6.45, 7) is -5.09. The minimum atomic E-state index is -4.14. The van der Waals surface area contributed by atoms with Crippen LogP contribution in [-0.2, 0) is 46.7 Å². The average molecular weight is 695 g/mol. The van der Waals surface area contributed by atoms with Crippen molar-refractivity contribution in [3.63, 3.8) is 0 Å². The van der Waals surface area contributed by atoms with Gasteiger partial charge in [-0.25, -0.2) is 14.4 Å². The molecular formula is C20H25FN10O9P2S2. The van der Waals surface area contributed by atoms with E-state index in [2.05, 4.69) is 30.2 Å². The number of hydrogen-bond acceptors (Lipinski definition) is 16. The Balaban J connectivity index is 1.20. The summed E-state index contributed by atoms with van der Waals surface area (Å²) in [5.41, 5.74) is 11.0. The summed E-state index contributed by atoms with van der Waals surface area (Å²) in [6.07, 6.45) is -6.00. The van der Waals surface area contributed by atoms with E-state index in [9.17, 15) is 19.7 Å². The molecule has 0 radical (unpaired) electrons. The highest BCUT2D eigenvalue weighted by Gasteiger charge is 2.49. The third-order valence-corrected chi connectivity index (χ3v) is 9.28. The monoisotopic (exact) mass is 694 g/mol. The smallest absolute Gasteiger partial charge is 0.325 e. The van der Waals surface area contributed by atoms with E-state index >= 15 is 4.39 Å². The third-order valence-electron chi connectivity index (χ3n) is 6.93. The number of hydrogen-bond donors (Lipinski definition) is 6. The molecule has 2 unspecified atom stereocenters. The number of aliphatic hydroxyl groups excluding tert-OH is 1. The van der Waals surface area contributed by atoms with Gasteiger partial charge in [0.25, 0.3) is 5.56 Å². The number of aromatic amines is 1. The maximum absolute atomic E-state index is 15.7. The van der Waals surface area contributed by atoms with Crippen molar-refractivity contribution in [1.82, 2.24) is 39.5 Å². The molecule has 44 heavy (non-hydrogen) atoms. The number of halogens is 1. The van der Waals surface area contributed by atoms with Crippen LogP contribution in [0.15, 0.2) is 23.4 Å². The lowest BCUT2D eigenvalue weighted by Gasteiger charge is -2.25. The van der Waals surface area contributed by atoms with Crippen LogP contribution in [0.3, 0.4) is 0 Å². The van der Waals surface area contributed by atoms with Gasteiger partial charge in [0.2, 0.25) is 5.95 Å². The Morgan fingerprint density at radius 2 is 2.07 bits per heavy atom. The van der Waals surface area contributed by atoms with Crippen molar-refractivity contribution in [2.24, 2.45) is 0 Å². The lowest BCUT2D eigenvalue weighted by atomic mass is 10.1. The van der Waals surface area contributed by atoms with Crippen LogP contribution in [0, 0.1) is 0 Å². The number of nitrogens with two attached hydrogens (primary N) is 2. The SMILES string of the molecule is Nc1nc2c(nnn2[C@@H]2O[C@H](CO)C[C@H]2OP(O)(=S)OC[C@H]2O[C@@H](n3ccc4c(N)ncnc43)[C@@H](F)[C@@H]2O[PH](O)=S)c(=O)[nH]1. The standard InChI is InChI=1S/C20H25FN10O9P2S2/c21-11-13(39-41(34)43)10(38-19(11)30-2-1-8-14(22)24-6-25-15(8)30)5-36-42(35,44)40-9-3-7(4-32)37-18(9)31-16-12(28-29-31)17(33)27-20(23)26-16/h1-2,6-7,9-11,13,18-19,32,41H,3-5H2,(H,34,43)(H,35,44)(H2,22,24,25)(H3,23,26,27,33)/t7-,9+,10+,11-,13+,18+,19+,42?/m0/s1. The summed E-state index contributed by atoms with van der Waals surface area (Å²) in [5, 5.41) is 17.9. The molecule has 6 heterocycles. The highest BCUT2D eigenvalue weighted by atomic mass is 32.5. The summed E-state index contributed by atoms with van der Waals surface area (Å²) in [4.78, 5) is 47.4. The lowest BCUT2D eigenvalue weighted by Crippen LogP contribution is -2.33. The molecule has 0 saturated carbocycles. The highest BCUT2D eigenvalue weighted by Crippen LogP contribution is 2.50. The highest BCUT2D eigenvalue weighted by molar-refractivity contribution is 8.07. The van der Waals surface area contributed by atoms with E-state index in [-0.39, 0.29) is 29.4 Å². The molecule has 2 saturated heterocycles. The molecule has 0 bridgehead atoms. The zero-order chi connectivity index (χ0) is 31.3. The second-order valence-electron chi connectivity index (χ2n) is 9.71. The number of fused-ring (bicyclic) bond motifs is 2.